The molecule has 43 heavy (non-hydrogen) atoms. The third kappa shape index (κ3) is 12.8. The van der Waals surface area contributed by atoms with E-state index in [-0.39, 0.29) is 36.5 Å². The largest absolute Gasteiger partial charge is 0.894 e. The van der Waals surface area contributed by atoms with Crippen LogP contribution in [0.25, 0.3) is 0 Å². The lowest BCUT2D eigenvalue weighted by molar-refractivity contribution is -0.140. The van der Waals surface area contributed by atoms with Crippen LogP contribution in [0.1, 0.15) is 68.2 Å². The van der Waals surface area contributed by atoms with Crippen LogP contribution in [0.15, 0.2) is 12.7 Å². The predicted octanol–water partition coefficient (Wildman–Crippen LogP) is 0.150. The average Bonchev–Trinajstić information content (AvgIpc) is 3.41. The molecule has 6 N–H and O–H groups in total. The first-order chi connectivity index (χ1) is 19.9. The highest BCUT2D eigenvalue weighted by Crippen LogP contribution is 2.27. The molecule has 14 heteroatoms. The number of aliphatic hydroxyl groups is 1. The number of likely N-dealkylation sites (tertiary alicyclic amines) is 1. The van der Waals surface area contributed by atoms with Gasteiger partial charge in [0.2, 0.25) is 11.7 Å². The Morgan fingerprint density at radius 3 is 2.28 bits per heavy atom. The Labute approximate surface area is 259 Å². The van der Waals surface area contributed by atoms with Gasteiger partial charge in [0.15, 0.2) is 0 Å². The zero-order valence-corrected chi connectivity index (χ0v) is 28.2. The lowest BCUT2D eigenvalue weighted by Crippen LogP contribution is -2.61. The standard InChI is InChI=1S/C29H53N7O6Si/c1-10-13-31-25(39)21(37)17-32-24(38)20-12-11-15-35(20)26(40)23(29(7,8)9)34-27(41)33-22(28(4,5)6)18-30-14-16-36(43-42)19(2)3/h10,19-20,22-24,30,32,38H,1,11-18H2,2-9H3,(H2-,31,33,34,39,41)/p+1/t20-,22+,23+,24?/m0/s1. The molecule has 0 bridgehead atoms. The molecule has 1 saturated heterocycles. The van der Waals surface area contributed by atoms with Gasteiger partial charge in [0.25, 0.3) is 5.91 Å². The van der Waals surface area contributed by atoms with Crippen molar-refractivity contribution in [1.29, 1.82) is 0 Å². The molecule has 0 aromatic heterocycles. The second-order valence-corrected chi connectivity index (χ2v) is 14.2. The Morgan fingerprint density at radius 2 is 1.74 bits per heavy atom. The van der Waals surface area contributed by atoms with Crippen LogP contribution < -0.4 is 26.6 Å². The summed E-state index contributed by atoms with van der Waals surface area (Å²) in [6.07, 6.45) is 1.36. The Bertz CT molecular complexity index is 966. The summed E-state index contributed by atoms with van der Waals surface area (Å²) in [5.74, 6) is -1.86. The van der Waals surface area contributed by atoms with Gasteiger partial charge in [-0.05, 0) is 37.5 Å². The van der Waals surface area contributed by atoms with Crippen molar-refractivity contribution in [2.24, 2.45) is 10.8 Å². The highest BCUT2D eigenvalue weighted by atomic mass is 28.2. The van der Waals surface area contributed by atoms with E-state index in [0.29, 0.717) is 39.0 Å². The summed E-state index contributed by atoms with van der Waals surface area (Å²) in [6, 6.07) is -2.10. The summed E-state index contributed by atoms with van der Waals surface area (Å²) in [5.41, 5.74) is -0.937. The Hall–Kier alpha value is -2.68. The number of carbonyl (C=O) groups is 4. The molecular formula is C29H54N7O6Si+. The Kier molecular flexibility index (Phi) is 15.7. The Balaban J connectivity index is 2.88. The summed E-state index contributed by atoms with van der Waals surface area (Å²) in [5, 5.41) is 25.1. The van der Waals surface area contributed by atoms with Crippen LogP contribution >= 0.6 is 0 Å². The first-order valence-corrected chi connectivity index (χ1v) is 15.9. The van der Waals surface area contributed by atoms with Gasteiger partial charge in [-0.2, -0.15) is 4.57 Å². The Morgan fingerprint density at radius 1 is 1.09 bits per heavy atom. The molecule has 1 aliphatic rings. The molecule has 0 saturated carbocycles. The molecule has 0 spiro atoms. The van der Waals surface area contributed by atoms with Crippen LogP contribution in [0.2, 0.25) is 0 Å². The molecule has 1 rings (SSSR count). The lowest BCUT2D eigenvalue weighted by Gasteiger charge is -2.38. The minimum Gasteiger partial charge on any atom is -0.376 e. The molecule has 1 unspecified atom stereocenters. The molecule has 0 aliphatic carbocycles. The fraction of sp³-hybridized carbons (Fsp3) is 0.793. The molecule has 13 nitrogen and oxygen atoms in total. The molecule has 244 valence electrons. The third-order valence-electron chi connectivity index (χ3n) is 7.44. The number of rotatable bonds is 17. The predicted molar refractivity (Wildman–Crippen MR) is 166 cm³/mol. The zero-order valence-electron chi connectivity index (χ0n) is 27.2. The second kappa shape index (κ2) is 17.6. The van der Waals surface area contributed by atoms with E-state index in [4.69, 9.17) is 0 Å². The highest BCUT2D eigenvalue weighted by molar-refractivity contribution is 6.37. The molecule has 1 aliphatic heterocycles. The fourth-order valence-electron chi connectivity index (χ4n) is 4.65. The number of hydrogen-bond acceptors (Lipinski definition) is 8. The molecule has 4 amide bonds. The normalized spacial score (nSPS) is 17.4. The minimum atomic E-state index is -1.23. The van der Waals surface area contributed by atoms with Crippen molar-refractivity contribution in [1.82, 2.24) is 36.0 Å². The maximum atomic E-state index is 13.8. The van der Waals surface area contributed by atoms with Gasteiger partial charge in [-0.3, -0.25) is 19.7 Å². The molecule has 0 aromatic carbocycles. The summed E-state index contributed by atoms with van der Waals surface area (Å²) >= 11 is 0. The quantitative estimate of drug-likeness (QED) is 0.0433. The van der Waals surface area contributed by atoms with Gasteiger partial charge in [-0.15, -0.1) is 6.58 Å². The lowest BCUT2D eigenvalue weighted by atomic mass is 9.85. The monoisotopic (exact) mass is 624 g/mol. The molecule has 0 radical (unpaired) electrons. The number of nitrogens with one attached hydrogen (secondary N) is 5. The van der Waals surface area contributed by atoms with Crippen molar-refractivity contribution in [3.8, 4) is 0 Å². The van der Waals surface area contributed by atoms with Gasteiger partial charge in [0.1, 0.15) is 12.3 Å². The van der Waals surface area contributed by atoms with Crippen LogP contribution in [-0.4, -0.2) is 117 Å². The number of Topliss-reactive ketones (excluding diaryl/α,β-unsaturated/α-hetero) is 1. The van der Waals surface area contributed by atoms with E-state index in [2.05, 4.69) is 33.2 Å². The van der Waals surface area contributed by atoms with E-state index in [1.165, 1.54) is 11.0 Å². The van der Waals surface area contributed by atoms with Gasteiger partial charge in [0.05, 0.1) is 25.2 Å². The van der Waals surface area contributed by atoms with Crippen molar-refractivity contribution in [2.45, 2.75) is 98.6 Å². The average molecular weight is 625 g/mol. The minimum absolute atomic E-state index is 0.152. The molecular weight excluding hydrogens is 570 g/mol. The maximum absolute atomic E-state index is 13.8. The van der Waals surface area contributed by atoms with E-state index in [1.54, 1.807) is 0 Å². The number of nitrogens with zero attached hydrogens (tertiary/aromatic N) is 2. The van der Waals surface area contributed by atoms with Crippen LogP contribution in [0, 0.1) is 10.8 Å². The van der Waals surface area contributed by atoms with E-state index in [1.807, 2.05) is 60.0 Å². The summed E-state index contributed by atoms with van der Waals surface area (Å²) in [6.45, 7) is 20.9. The second-order valence-electron chi connectivity index (χ2n) is 13.4. The van der Waals surface area contributed by atoms with Crippen molar-refractivity contribution in [3.05, 3.63) is 12.7 Å². The number of urea groups is 1. The van der Waals surface area contributed by atoms with E-state index >= 15 is 0 Å². The number of ketones is 1. The zero-order chi connectivity index (χ0) is 33.0. The van der Waals surface area contributed by atoms with Crippen LogP contribution in [0.5, 0.6) is 0 Å². The summed E-state index contributed by atoms with van der Waals surface area (Å²) < 4.78 is 13.2. The van der Waals surface area contributed by atoms with Crippen LogP contribution in [0.4, 0.5) is 4.79 Å². The number of carbonyl (C=O) groups excluding carboxylic acids is 4. The van der Waals surface area contributed by atoms with E-state index in [0.717, 1.165) is 0 Å². The molecule has 1 heterocycles. The van der Waals surface area contributed by atoms with Crippen LogP contribution in [-0.2, 0) is 18.8 Å². The van der Waals surface area contributed by atoms with Crippen molar-refractivity contribution < 1.29 is 28.7 Å². The van der Waals surface area contributed by atoms with E-state index in [9.17, 15) is 28.7 Å². The smallest absolute Gasteiger partial charge is 0.376 e. The van der Waals surface area contributed by atoms with Gasteiger partial charge >= 0.3 is 15.6 Å². The number of amides is 4. The topological polar surface area (TPSA) is 172 Å². The van der Waals surface area contributed by atoms with Gasteiger partial charge < -0.3 is 31.3 Å². The molecule has 1 fully saturated rings. The number of hydrogen-bond donors (Lipinski definition) is 6. The first-order valence-electron chi connectivity index (χ1n) is 15.0. The van der Waals surface area contributed by atoms with Gasteiger partial charge in [-0.1, -0.05) is 52.1 Å². The van der Waals surface area contributed by atoms with Gasteiger partial charge in [0, 0.05) is 32.2 Å². The molecule has 0 aromatic rings. The third-order valence-corrected chi connectivity index (χ3v) is 8.41. The first kappa shape index (κ1) is 38.3. The van der Waals surface area contributed by atoms with Crippen molar-refractivity contribution in [2.75, 3.05) is 39.3 Å². The number of aliphatic hydroxyl groups excluding tert-OH is 1. The highest BCUT2D eigenvalue weighted by Gasteiger charge is 2.42. The van der Waals surface area contributed by atoms with Crippen LogP contribution in [0.3, 0.4) is 0 Å². The van der Waals surface area contributed by atoms with Gasteiger partial charge in [-0.25, -0.2) is 4.79 Å². The maximum Gasteiger partial charge on any atom is 0.894 e. The van der Waals surface area contributed by atoms with E-state index < -0.39 is 51.0 Å². The fourth-order valence-corrected chi connectivity index (χ4v) is 5.06. The summed E-state index contributed by atoms with van der Waals surface area (Å²) in [4.78, 5) is 52.5. The molecule has 4 atom stereocenters. The van der Waals surface area contributed by atoms with Crippen molar-refractivity contribution >= 4 is 33.2 Å². The SMILES string of the molecule is C=CCNC(=O)C(=O)CNC(O)[C@@H]1CCCN1C(=O)[C@@H](NC(=O)N[C@H](CNCCN([Si+]=O)C(C)C)C(C)(C)C)C(C)(C)C. The summed E-state index contributed by atoms with van der Waals surface area (Å²) in [7, 11) is -0.522. The van der Waals surface area contributed by atoms with Crippen molar-refractivity contribution in [3.63, 3.8) is 0 Å².